The molecule has 0 radical (unpaired) electrons. The predicted octanol–water partition coefficient (Wildman–Crippen LogP) is 6.76. The van der Waals surface area contributed by atoms with Crippen molar-refractivity contribution in [2.75, 3.05) is 0 Å². The third-order valence-corrected chi connectivity index (χ3v) is 4.40. The number of rotatable bonds is 1. The summed E-state index contributed by atoms with van der Waals surface area (Å²) in [6.07, 6.45) is 15.7. The highest BCUT2D eigenvalue weighted by Crippen LogP contribution is 2.24. The van der Waals surface area contributed by atoms with Gasteiger partial charge in [-0.15, -0.1) is 0 Å². The minimum Gasteiger partial charge on any atom is -0.0998 e. The van der Waals surface area contributed by atoms with Crippen molar-refractivity contribution in [1.82, 2.24) is 0 Å². The van der Waals surface area contributed by atoms with Crippen LogP contribution in [0.2, 0.25) is 0 Å². The lowest BCUT2D eigenvalue weighted by molar-refractivity contribution is 0.564. The van der Waals surface area contributed by atoms with E-state index in [0.717, 1.165) is 6.42 Å². The summed E-state index contributed by atoms with van der Waals surface area (Å²) in [6, 6.07) is 0. The van der Waals surface area contributed by atoms with Gasteiger partial charge in [0.25, 0.3) is 0 Å². The van der Waals surface area contributed by atoms with Crippen molar-refractivity contribution >= 4 is 0 Å². The number of hydrogen-bond acceptors (Lipinski definition) is 0. The smallest absolute Gasteiger partial charge is 0.0171 e. The molecule has 1 atom stereocenters. The molecular formula is C20H32. The zero-order valence-electron chi connectivity index (χ0n) is 14.0. The van der Waals surface area contributed by atoms with Crippen LogP contribution < -0.4 is 0 Å². The van der Waals surface area contributed by atoms with Gasteiger partial charge in [-0.25, -0.2) is 0 Å². The first-order valence-electron chi connectivity index (χ1n) is 8.11. The summed E-state index contributed by atoms with van der Waals surface area (Å²) >= 11 is 0. The first-order chi connectivity index (χ1) is 9.49. The molecule has 112 valence electrons. The molecule has 1 aliphatic carbocycles. The van der Waals surface area contributed by atoms with E-state index in [2.05, 4.69) is 52.5 Å². The van der Waals surface area contributed by atoms with Crippen LogP contribution in [0.5, 0.6) is 0 Å². The van der Waals surface area contributed by atoms with Gasteiger partial charge in [0.2, 0.25) is 0 Å². The van der Waals surface area contributed by atoms with Crippen LogP contribution in [-0.4, -0.2) is 0 Å². The van der Waals surface area contributed by atoms with Gasteiger partial charge >= 0.3 is 0 Å². The standard InChI is InChI=1S/C20H32/c1-16(2)20-14-12-18(4)10-6-8-17(3)9-7-11-19(5)13-15-20/h8,11-12,20H,1,6-7,9-10,13-15H2,2-5H3/b17-8-,18-12-,19-11+/t20-/m0/s1. The Morgan fingerprint density at radius 2 is 1.40 bits per heavy atom. The Bertz CT molecular complexity index is 404. The van der Waals surface area contributed by atoms with E-state index < -0.39 is 0 Å². The molecule has 0 aromatic heterocycles. The van der Waals surface area contributed by atoms with Gasteiger partial charge in [-0.05, 0) is 78.6 Å². The van der Waals surface area contributed by atoms with E-state index >= 15 is 0 Å². The largest absolute Gasteiger partial charge is 0.0998 e. The van der Waals surface area contributed by atoms with Crippen molar-refractivity contribution in [1.29, 1.82) is 0 Å². The second-order valence-corrected chi connectivity index (χ2v) is 6.55. The Morgan fingerprint density at radius 1 is 0.900 bits per heavy atom. The molecular weight excluding hydrogens is 240 g/mol. The topological polar surface area (TPSA) is 0 Å². The van der Waals surface area contributed by atoms with E-state index in [4.69, 9.17) is 0 Å². The molecule has 0 unspecified atom stereocenters. The normalized spacial score (nSPS) is 31.0. The van der Waals surface area contributed by atoms with Crippen molar-refractivity contribution < 1.29 is 0 Å². The third-order valence-electron chi connectivity index (χ3n) is 4.40. The number of hydrogen-bond donors (Lipinski definition) is 0. The molecule has 0 spiro atoms. The Balaban J connectivity index is 2.77. The van der Waals surface area contributed by atoms with E-state index in [1.165, 1.54) is 49.7 Å². The minimum atomic E-state index is 0.647. The summed E-state index contributed by atoms with van der Waals surface area (Å²) < 4.78 is 0. The molecule has 0 fully saturated rings. The summed E-state index contributed by atoms with van der Waals surface area (Å²) in [4.78, 5) is 0. The van der Waals surface area contributed by atoms with Crippen LogP contribution in [0.1, 0.15) is 72.6 Å². The van der Waals surface area contributed by atoms with Gasteiger partial charge in [0.05, 0.1) is 0 Å². The van der Waals surface area contributed by atoms with Crippen LogP contribution in [0.4, 0.5) is 0 Å². The van der Waals surface area contributed by atoms with Crippen molar-refractivity contribution in [3.8, 4) is 0 Å². The van der Waals surface area contributed by atoms with Crippen molar-refractivity contribution in [2.45, 2.75) is 72.6 Å². The molecule has 1 rings (SSSR count). The molecule has 0 saturated carbocycles. The summed E-state index contributed by atoms with van der Waals surface area (Å²) in [5.41, 5.74) is 5.95. The van der Waals surface area contributed by atoms with E-state index in [-0.39, 0.29) is 0 Å². The lowest BCUT2D eigenvalue weighted by Gasteiger charge is -2.16. The highest BCUT2D eigenvalue weighted by atomic mass is 14.1. The van der Waals surface area contributed by atoms with Crippen LogP contribution in [0.15, 0.2) is 47.1 Å². The molecule has 0 aromatic carbocycles. The predicted molar refractivity (Wildman–Crippen MR) is 91.9 cm³/mol. The average Bonchev–Trinajstić information content (AvgIpc) is 2.37. The van der Waals surface area contributed by atoms with Gasteiger partial charge in [0.1, 0.15) is 0 Å². The third kappa shape index (κ3) is 6.93. The second-order valence-electron chi connectivity index (χ2n) is 6.55. The van der Waals surface area contributed by atoms with Gasteiger partial charge in [-0.1, -0.05) is 47.1 Å². The van der Waals surface area contributed by atoms with Gasteiger partial charge in [0, 0.05) is 0 Å². The lowest BCUT2D eigenvalue weighted by atomic mass is 9.89. The first-order valence-corrected chi connectivity index (χ1v) is 8.11. The maximum absolute atomic E-state index is 4.18. The van der Waals surface area contributed by atoms with E-state index in [1.807, 2.05) is 0 Å². The fourth-order valence-corrected chi connectivity index (χ4v) is 2.71. The Labute approximate surface area is 126 Å². The van der Waals surface area contributed by atoms with E-state index in [9.17, 15) is 0 Å². The van der Waals surface area contributed by atoms with Crippen molar-refractivity contribution in [3.05, 3.63) is 47.1 Å². The SMILES string of the molecule is C=C(C)[C@H]1C/C=C(/C)CC/C=C(/C)CC/C=C(\C)CC1. The Morgan fingerprint density at radius 3 is 1.95 bits per heavy atom. The quantitative estimate of drug-likeness (QED) is 0.462. The minimum absolute atomic E-state index is 0.647. The van der Waals surface area contributed by atoms with Gasteiger partial charge in [-0.3, -0.25) is 0 Å². The molecule has 0 N–H and O–H groups in total. The van der Waals surface area contributed by atoms with E-state index in [0.29, 0.717) is 5.92 Å². The van der Waals surface area contributed by atoms with Crippen LogP contribution in [-0.2, 0) is 0 Å². The fraction of sp³-hybridized carbons (Fsp3) is 0.600. The Hall–Kier alpha value is -1.04. The summed E-state index contributed by atoms with van der Waals surface area (Å²) in [5, 5.41) is 0. The summed E-state index contributed by atoms with van der Waals surface area (Å²) in [7, 11) is 0. The van der Waals surface area contributed by atoms with Crippen molar-refractivity contribution in [2.24, 2.45) is 5.92 Å². The van der Waals surface area contributed by atoms with Crippen LogP contribution in [0.3, 0.4) is 0 Å². The highest BCUT2D eigenvalue weighted by molar-refractivity contribution is 5.09. The Kier molecular flexibility index (Phi) is 7.65. The maximum Gasteiger partial charge on any atom is -0.0171 e. The molecule has 0 saturated heterocycles. The molecule has 20 heavy (non-hydrogen) atoms. The zero-order chi connectivity index (χ0) is 15.0. The molecule has 0 heterocycles. The zero-order valence-corrected chi connectivity index (χ0v) is 14.0. The molecule has 1 aliphatic rings. The van der Waals surface area contributed by atoms with Gasteiger partial charge < -0.3 is 0 Å². The van der Waals surface area contributed by atoms with Gasteiger partial charge in [-0.2, -0.15) is 0 Å². The molecule has 0 bridgehead atoms. The molecule has 0 amide bonds. The fourth-order valence-electron chi connectivity index (χ4n) is 2.71. The maximum atomic E-state index is 4.18. The van der Waals surface area contributed by atoms with Crippen LogP contribution in [0.25, 0.3) is 0 Å². The lowest BCUT2D eigenvalue weighted by Crippen LogP contribution is -2.01. The molecule has 0 aliphatic heterocycles. The molecule has 0 heteroatoms. The van der Waals surface area contributed by atoms with E-state index in [1.54, 1.807) is 11.1 Å². The van der Waals surface area contributed by atoms with Crippen LogP contribution in [0, 0.1) is 5.92 Å². The summed E-state index contributed by atoms with van der Waals surface area (Å²) in [5.74, 6) is 0.647. The van der Waals surface area contributed by atoms with Gasteiger partial charge in [0.15, 0.2) is 0 Å². The monoisotopic (exact) mass is 272 g/mol. The first kappa shape index (κ1) is 17.0. The van der Waals surface area contributed by atoms with Crippen LogP contribution >= 0.6 is 0 Å². The molecule has 0 nitrogen and oxygen atoms in total. The summed E-state index contributed by atoms with van der Waals surface area (Å²) in [6.45, 7) is 13.2. The van der Waals surface area contributed by atoms with Crippen molar-refractivity contribution in [3.63, 3.8) is 0 Å². The second kappa shape index (κ2) is 9.00. The molecule has 0 aromatic rings. The average molecular weight is 272 g/mol. The highest BCUT2D eigenvalue weighted by Gasteiger charge is 2.08. The number of allylic oxidation sites excluding steroid dienone is 7.